The Bertz CT molecular complexity index is 634. The second-order valence-corrected chi connectivity index (χ2v) is 21.4. The molecule has 4 heteroatoms. The normalized spacial score (nSPS) is 11.7. The number of nitrogens with zero attached hydrogens (tertiary/aromatic N) is 2. The van der Waals surface area contributed by atoms with Crippen molar-refractivity contribution in [2.24, 2.45) is 0 Å². The average molecular weight is 491 g/mol. The average Bonchev–Trinajstić information content (AvgIpc) is 3.25. The van der Waals surface area contributed by atoms with Gasteiger partial charge in [-0.15, -0.1) is 0 Å². The van der Waals surface area contributed by atoms with E-state index in [9.17, 15) is 0 Å². The van der Waals surface area contributed by atoms with Gasteiger partial charge in [0.1, 0.15) is 0 Å². The Kier molecular flexibility index (Phi) is 11.1. The summed E-state index contributed by atoms with van der Waals surface area (Å²) in [5.41, 5.74) is 0. The first-order valence-corrected chi connectivity index (χ1v) is 18.8. The number of imidazole rings is 1. The van der Waals surface area contributed by atoms with Crippen molar-refractivity contribution in [1.82, 2.24) is 9.55 Å². The van der Waals surface area contributed by atoms with Gasteiger partial charge in [0, 0.05) is 0 Å². The van der Waals surface area contributed by atoms with Gasteiger partial charge in [0.05, 0.1) is 0 Å². The monoisotopic (exact) mass is 492 g/mol. The van der Waals surface area contributed by atoms with Crippen molar-refractivity contribution in [3.8, 4) is 5.75 Å². The van der Waals surface area contributed by atoms with Crippen LogP contribution in [0.1, 0.15) is 65.2 Å². The fourth-order valence-electron chi connectivity index (χ4n) is 4.32. The molecule has 3 nitrogen and oxygen atoms in total. The van der Waals surface area contributed by atoms with Gasteiger partial charge in [-0.3, -0.25) is 0 Å². The van der Waals surface area contributed by atoms with Crippen LogP contribution in [0.5, 0.6) is 5.75 Å². The minimum atomic E-state index is -2.38. The number of benzene rings is 1. The quantitative estimate of drug-likeness (QED) is 0.213. The molecule has 0 unspecified atom stereocenters. The molecule has 0 aliphatic carbocycles. The van der Waals surface area contributed by atoms with E-state index in [-0.39, 0.29) is 0 Å². The first kappa shape index (κ1) is 23.3. The van der Waals surface area contributed by atoms with Crippen molar-refractivity contribution in [1.29, 1.82) is 0 Å². The molecule has 28 heavy (non-hydrogen) atoms. The van der Waals surface area contributed by atoms with Gasteiger partial charge in [-0.25, -0.2) is 0 Å². The number of hydrogen-bond acceptors (Lipinski definition) is 2. The molecule has 0 radical (unpaired) electrons. The van der Waals surface area contributed by atoms with Gasteiger partial charge in [0.25, 0.3) is 0 Å². The number of hydrogen-bond donors (Lipinski definition) is 0. The summed E-state index contributed by atoms with van der Waals surface area (Å²) >= 11 is -2.38. The predicted molar refractivity (Wildman–Crippen MR) is 123 cm³/mol. The fourth-order valence-corrected chi connectivity index (χ4v) is 20.0. The molecule has 2 rings (SSSR count). The Labute approximate surface area is 176 Å². The molecule has 0 bridgehead atoms. The summed E-state index contributed by atoms with van der Waals surface area (Å²) in [5.74, 6) is 1.05. The summed E-state index contributed by atoms with van der Waals surface area (Å²) in [5, 5.41) is 0. The van der Waals surface area contributed by atoms with E-state index < -0.39 is 18.4 Å². The zero-order chi connectivity index (χ0) is 20.1. The summed E-state index contributed by atoms with van der Waals surface area (Å²) in [6.07, 6.45) is 16.7. The van der Waals surface area contributed by atoms with E-state index in [1.807, 2.05) is 12.5 Å². The predicted octanol–water partition coefficient (Wildman–Crippen LogP) is 6.41. The molecular formula is C24H40N2OSn. The molecule has 156 valence electrons. The van der Waals surface area contributed by atoms with Gasteiger partial charge in [-0.2, -0.15) is 0 Å². The van der Waals surface area contributed by atoms with Gasteiger partial charge in [0.15, 0.2) is 0 Å². The summed E-state index contributed by atoms with van der Waals surface area (Å²) < 4.78 is 14.0. The first-order chi connectivity index (χ1) is 13.7. The Morgan fingerprint density at radius 3 is 2.29 bits per heavy atom. The zero-order valence-corrected chi connectivity index (χ0v) is 21.2. The van der Waals surface area contributed by atoms with Gasteiger partial charge in [-0.05, 0) is 0 Å². The molecular weight excluding hydrogens is 451 g/mol. The van der Waals surface area contributed by atoms with E-state index in [1.54, 1.807) is 10.7 Å². The van der Waals surface area contributed by atoms with Crippen molar-refractivity contribution in [3.63, 3.8) is 0 Å². The number of unbranched alkanes of at least 4 members (excludes halogenated alkanes) is 5. The van der Waals surface area contributed by atoms with Crippen molar-refractivity contribution < 1.29 is 4.74 Å². The van der Waals surface area contributed by atoms with Gasteiger partial charge in [0.2, 0.25) is 0 Å². The summed E-state index contributed by atoms with van der Waals surface area (Å²) in [6, 6.07) is 9.15. The van der Waals surface area contributed by atoms with E-state index in [0.29, 0.717) is 0 Å². The second-order valence-electron chi connectivity index (χ2n) is 8.18. The van der Waals surface area contributed by atoms with Crippen molar-refractivity contribution in [2.45, 2.75) is 85.1 Å². The van der Waals surface area contributed by atoms with E-state index in [1.165, 1.54) is 64.7 Å². The Balaban J connectivity index is 1.98. The Morgan fingerprint density at radius 1 is 0.929 bits per heavy atom. The molecule has 0 saturated heterocycles. The third-order valence-corrected chi connectivity index (χ3v) is 21.7. The Hall–Kier alpha value is -0.971. The fraction of sp³-hybridized carbons (Fsp3) is 0.625. The van der Waals surface area contributed by atoms with Crippen LogP contribution in [0.15, 0.2) is 43.0 Å². The van der Waals surface area contributed by atoms with Gasteiger partial charge < -0.3 is 0 Å². The molecule has 0 saturated carbocycles. The standard InChI is InChI=1S/C9H15N2.C7H7O.2C4H9.Sn/c1-2-3-4-5-7-11-8-6-10-9-11;1-8-7-5-3-2-4-6-7;2*1-3-4-2;/h6,8-9H,1-5,7H2;2-3,5-6H,1H3;2*1,3-4H2,2H3;. The van der Waals surface area contributed by atoms with E-state index >= 15 is 0 Å². The van der Waals surface area contributed by atoms with Crippen LogP contribution in [0.3, 0.4) is 0 Å². The van der Waals surface area contributed by atoms with Gasteiger partial charge in [-0.1, -0.05) is 0 Å². The van der Waals surface area contributed by atoms with Crippen molar-refractivity contribution in [2.75, 3.05) is 7.11 Å². The van der Waals surface area contributed by atoms with Crippen LogP contribution in [0.2, 0.25) is 13.3 Å². The maximum atomic E-state index is 5.58. The molecule has 0 aliphatic rings. The molecule has 0 spiro atoms. The zero-order valence-electron chi connectivity index (χ0n) is 18.3. The molecule has 0 amide bonds. The van der Waals surface area contributed by atoms with Crippen molar-refractivity contribution in [3.05, 3.63) is 43.0 Å². The number of rotatable bonds is 15. The topological polar surface area (TPSA) is 27.1 Å². The molecule has 0 N–H and O–H groups in total. The third-order valence-electron chi connectivity index (χ3n) is 6.08. The van der Waals surface area contributed by atoms with Gasteiger partial charge >= 0.3 is 177 Å². The molecule has 0 atom stereocenters. The third kappa shape index (κ3) is 7.45. The summed E-state index contributed by atoms with van der Waals surface area (Å²) in [7, 11) is 1.80. The Morgan fingerprint density at radius 2 is 1.64 bits per heavy atom. The summed E-state index contributed by atoms with van der Waals surface area (Å²) in [6.45, 7) is 5.80. The molecule has 0 fully saturated rings. The van der Waals surface area contributed by atoms with E-state index in [4.69, 9.17) is 4.74 Å². The van der Waals surface area contributed by atoms with Crippen LogP contribution in [0.25, 0.3) is 0 Å². The summed E-state index contributed by atoms with van der Waals surface area (Å²) in [4.78, 5) is 4.14. The molecule has 1 heterocycles. The molecule has 1 aromatic heterocycles. The van der Waals surface area contributed by atoms with E-state index in [0.717, 1.165) is 12.3 Å². The molecule has 1 aromatic carbocycles. The first-order valence-electron chi connectivity index (χ1n) is 11.3. The second kappa shape index (κ2) is 13.3. The SMILES string of the molecule is CCC[CH2][Sn]([CH2]CCC)([CH2]CCCCCn1ccnc1)[c]1cccc(OC)c1. The van der Waals surface area contributed by atoms with Crippen LogP contribution in [-0.4, -0.2) is 35.0 Å². The van der Waals surface area contributed by atoms with Crippen LogP contribution < -0.4 is 8.32 Å². The number of methoxy groups -OCH3 is 1. The number of aromatic nitrogens is 2. The van der Waals surface area contributed by atoms with E-state index in [2.05, 4.69) is 53.9 Å². The van der Waals surface area contributed by atoms with Crippen LogP contribution in [0, 0.1) is 0 Å². The van der Waals surface area contributed by atoms with Crippen molar-refractivity contribution >= 4 is 22.0 Å². The van der Waals surface area contributed by atoms with Crippen LogP contribution >= 0.6 is 0 Å². The molecule has 0 aliphatic heterocycles. The maximum absolute atomic E-state index is 5.58. The van der Waals surface area contributed by atoms with Crippen LogP contribution in [-0.2, 0) is 6.54 Å². The molecule has 2 aromatic rings. The number of aryl methyl sites for hydroxylation is 1. The minimum absolute atomic E-state index is 1.05. The van der Waals surface area contributed by atoms with Crippen LogP contribution in [0.4, 0.5) is 0 Å². The number of ether oxygens (including phenoxy) is 1.